The Hall–Kier alpha value is -1.88. The molecule has 2 N–H and O–H groups in total. The van der Waals surface area contributed by atoms with Gasteiger partial charge in [-0.3, -0.25) is 4.98 Å². The summed E-state index contributed by atoms with van der Waals surface area (Å²) < 4.78 is 5.08. The van der Waals surface area contributed by atoms with Crippen molar-refractivity contribution < 1.29 is 14.6 Å². The highest BCUT2D eigenvalue weighted by Crippen LogP contribution is 2.02. The van der Waals surface area contributed by atoms with Crippen LogP contribution in [0.2, 0.25) is 0 Å². The Morgan fingerprint density at radius 1 is 1.65 bits per heavy atom. The van der Waals surface area contributed by atoms with Gasteiger partial charge in [-0.15, -0.1) is 0 Å². The molecule has 1 rings (SSSR count). The molecule has 1 aromatic rings. The maximum absolute atomic E-state index is 10.8. The number of nitrogens with one attached hydrogen (secondary N) is 1. The SMILES string of the molecule is C/C=C(/CNCc1cc(C(=O)O)ccn1)OC. The summed E-state index contributed by atoms with van der Waals surface area (Å²) in [4.78, 5) is 14.8. The van der Waals surface area contributed by atoms with Gasteiger partial charge in [-0.2, -0.15) is 0 Å². The van der Waals surface area contributed by atoms with Crippen LogP contribution in [0, 0.1) is 0 Å². The molecule has 0 unspecified atom stereocenters. The summed E-state index contributed by atoms with van der Waals surface area (Å²) in [6.45, 7) is 2.98. The molecule has 0 radical (unpaired) electrons. The number of carboxylic acid groups (broad SMARTS) is 1. The second-order valence-electron chi connectivity index (χ2n) is 3.40. The van der Waals surface area contributed by atoms with E-state index in [9.17, 15) is 4.79 Å². The largest absolute Gasteiger partial charge is 0.500 e. The zero-order valence-corrected chi connectivity index (χ0v) is 9.93. The molecule has 0 bridgehead atoms. The fraction of sp³-hybridized carbons (Fsp3) is 0.333. The molecule has 0 amide bonds. The molecule has 92 valence electrons. The first-order chi connectivity index (χ1) is 8.17. The molecule has 0 aliphatic carbocycles. The van der Waals surface area contributed by atoms with E-state index in [0.717, 1.165) is 5.76 Å². The van der Waals surface area contributed by atoms with E-state index in [1.807, 2.05) is 13.0 Å². The molecule has 0 aliphatic rings. The van der Waals surface area contributed by atoms with Gasteiger partial charge < -0.3 is 15.2 Å². The van der Waals surface area contributed by atoms with Crippen LogP contribution in [-0.4, -0.2) is 29.7 Å². The van der Waals surface area contributed by atoms with Crippen molar-refractivity contribution in [2.45, 2.75) is 13.5 Å². The summed E-state index contributed by atoms with van der Waals surface area (Å²) in [5.74, 6) is -0.112. The Labute approximate surface area is 100 Å². The predicted octanol–water partition coefficient (Wildman–Crippen LogP) is 1.42. The number of methoxy groups -OCH3 is 1. The second-order valence-corrected chi connectivity index (χ2v) is 3.40. The lowest BCUT2D eigenvalue weighted by Crippen LogP contribution is -2.18. The highest BCUT2D eigenvalue weighted by molar-refractivity contribution is 5.87. The maximum atomic E-state index is 10.8. The Morgan fingerprint density at radius 2 is 2.41 bits per heavy atom. The van der Waals surface area contributed by atoms with Gasteiger partial charge in [0, 0.05) is 12.7 Å². The fourth-order valence-electron chi connectivity index (χ4n) is 1.31. The normalized spacial score (nSPS) is 11.3. The van der Waals surface area contributed by atoms with Crippen LogP contribution in [-0.2, 0) is 11.3 Å². The van der Waals surface area contributed by atoms with Crippen molar-refractivity contribution in [1.82, 2.24) is 10.3 Å². The molecule has 0 saturated carbocycles. The van der Waals surface area contributed by atoms with E-state index in [4.69, 9.17) is 9.84 Å². The summed E-state index contributed by atoms with van der Waals surface area (Å²) in [5.41, 5.74) is 0.936. The predicted molar refractivity (Wildman–Crippen MR) is 63.7 cm³/mol. The van der Waals surface area contributed by atoms with E-state index in [1.54, 1.807) is 13.2 Å². The molecule has 0 saturated heterocycles. The topological polar surface area (TPSA) is 71.5 Å². The van der Waals surface area contributed by atoms with Crippen molar-refractivity contribution in [3.8, 4) is 0 Å². The van der Waals surface area contributed by atoms with Crippen molar-refractivity contribution in [1.29, 1.82) is 0 Å². The van der Waals surface area contributed by atoms with E-state index in [0.29, 0.717) is 18.8 Å². The van der Waals surface area contributed by atoms with Crippen LogP contribution in [0.15, 0.2) is 30.2 Å². The van der Waals surface area contributed by atoms with Crippen molar-refractivity contribution in [2.75, 3.05) is 13.7 Å². The summed E-state index contributed by atoms with van der Waals surface area (Å²) in [6, 6.07) is 3.02. The van der Waals surface area contributed by atoms with Gasteiger partial charge in [-0.05, 0) is 25.1 Å². The minimum absolute atomic E-state index is 0.245. The standard InChI is InChI=1S/C12H16N2O3/c1-3-11(17-2)8-13-7-10-6-9(12(15)16)4-5-14-10/h3-6,13H,7-8H2,1-2H3,(H,15,16)/b11-3-. The van der Waals surface area contributed by atoms with Crippen molar-refractivity contribution >= 4 is 5.97 Å². The number of allylic oxidation sites excluding steroid dienone is 1. The van der Waals surface area contributed by atoms with E-state index in [1.165, 1.54) is 12.3 Å². The lowest BCUT2D eigenvalue weighted by molar-refractivity contribution is 0.0696. The molecule has 0 atom stereocenters. The summed E-state index contributed by atoms with van der Waals surface area (Å²) in [7, 11) is 1.61. The number of ether oxygens (including phenoxy) is 1. The first kappa shape index (κ1) is 13.2. The molecular weight excluding hydrogens is 220 g/mol. The van der Waals surface area contributed by atoms with Gasteiger partial charge in [0.2, 0.25) is 0 Å². The van der Waals surface area contributed by atoms with Crippen molar-refractivity contribution in [3.05, 3.63) is 41.4 Å². The fourth-order valence-corrected chi connectivity index (χ4v) is 1.31. The first-order valence-corrected chi connectivity index (χ1v) is 5.25. The summed E-state index contributed by atoms with van der Waals surface area (Å²) in [6.07, 6.45) is 3.36. The number of hydrogen-bond acceptors (Lipinski definition) is 4. The van der Waals surface area contributed by atoms with Gasteiger partial charge in [0.15, 0.2) is 0 Å². The zero-order chi connectivity index (χ0) is 12.7. The molecule has 0 aromatic carbocycles. The summed E-state index contributed by atoms with van der Waals surface area (Å²) in [5, 5.41) is 11.9. The van der Waals surface area contributed by atoms with E-state index >= 15 is 0 Å². The third-order valence-electron chi connectivity index (χ3n) is 2.25. The van der Waals surface area contributed by atoms with Crippen LogP contribution in [0.4, 0.5) is 0 Å². The zero-order valence-electron chi connectivity index (χ0n) is 9.93. The van der Waals surface area contributed by atoms with Gasteiger partial charge in [0.1, 0.15) is 5.76 Å². The minimum Gasteiger partial charge on any atom is -0.500 e. The first-order valence-electron chi connectivity index (χ1n) is 5.25. The van der Waals surface area contributed by atoms with Crippen LogP contribution in [0.25, 0.3) is 0 Å². The smallest absolute Gasteiger partial charge is 0.335 e. The van der Waals surface area contributed by atoms with E-state index < -0.39 is 5.97 Å². The minimum atomic E-state index is -0.945. The summed E-state index contributed by atoms with van der Waals surface area (Å²) >= 11 is 0. The molecule has 1 heterocycles. The maximum Gasteiger partial charge on any atom is 0.335 e. The van der Waals surface area contributed by atoms with Gasteiger partial charge in [-0.1, -0.05) is 0 Å². The molecule has 0 spiro atoms. The molecule has 1 aromatic heterocycles. The quantitative estimate of drug-likeness (QED) is 0.731. The van der Waals surface area contributed by atoms with Gasteiger partial charge >= 0.3 is 5.97 Å². The highest BCUT2D eigenvalue weighted by Gasteiger charge is 2.04. The Morgan fingerprint density at radius 3 is 3.00 bits per heavy atom. The highest BCUT2D eigenvalue weighted by atomic mass is 16.5. The average molecular weight is 236 g/mol. The number of carboxylic acids is 1. The number of carbonyl (C=O) groups is 1. The lowest BCUT2D eigenvalue weighted by atomic mass is 10.2. The average Bonchev–Trinajstić information content (AvgIpc) is 2.35. The van der Waals surface area contributed by atoms with Crippen molar-refractivity contribution in [2.24, 2.45) is 0 Å². The Bertz CT molecular complexity index is 416. The van der Waals surface area contributed by atoms with Crippen LogP contribution >= 0.6 is 0 Å². The molecule has 5 heteroatoms. The van der Waals surface area contributed by atoms with Crippen LogP contribution in [0.1, 0.15) is 23.0 Å². The van der Waals surface area contributed by atoms with Crippen LogP contribution in [0.5, 0.6) is 0 Å². The number of hydrogen-bond donors (Lipinski definition) is 2. The number of aromatic nitrogens is 1. The number of pyridine rings is 1. The van der Waals surface area contributed by atoms with E-state index in [-0.39, 0.29) is 5.56 Å². The number of rotatable bonds is 6. The monoisotopic (exact) mass is 236 g/mol. The molecule has 0 fully saturated rings. The number of nitrogens with zero attached hydrogens (tertiary/aromatic N) is 1. The van der Waals surface area contributed by atoms with Gasteiger partial charge in [0.05, 0.1) is 24.9 Å². The number of aromatic carboxylic acids is 1. The molecular formula is C12H16N2O3. The van der Waals surface area contributed by atoms with Gasteiger partial charge in [0.25, 0.3) is 0 Å². The lowest BCUT2D eigenvalue weighted by Gasteiger charge is -2.07. The van der Waals surface area contributed by atoms with Crippen LogP contribution in [0.3, 0.4) is 0 Å². The van der Waals surface area contributed by atoms with Crippen LogP contribution < -0.4 is 5.32 Å². The Kier molecular flexibility index (Phi) is 5.16. The third kappa shape index (κ3) is 4.24. The van der Waals surface area contributed by atoms with Gasteiger partial charge in [-0.25, -0.2) is 4.79 Å². The van der Waals surface area contributed by atoms with Crippen molar-refractivity contribution in [3.63, 3.8) is 0 Å². The molecule has 5 nitrogen and oxygen atoms in total. The second kappa shape index (κ2) is 6.65. The molecule has 0 aliphatic heterocycles. The third-order valence-corrected chi connectivity index (χ3v) is 2.25. The van der Waals surface area contributed by atoms with E-state index in [2.05, 4.69) is 10.3 Å². The Balaban J connectivity index is 2.52. The molecule has 17 heavy (non-hydrogen) atoms.